The maximum Gasteiger partial charge on any atom is 0.149 e. The molecule has 1 unspecified atom stereocenters. The monoisotopic (exact) mass is 241 g/mol. The summed E-state index contributed by atoms with van der Waals surface area (Å²) >= 11 is 5.75. The molecule has 0 fully saturated rings. The summed E-state index contributed by atoms with van der Waals surface area (Å²) in [6, 6.07) is 8.11. The fourth-order valence-electron chi connectivity index (χ4n) is 1.59. The zero-order valence-electron chi connectivity index (χ0n) is 10.2. The van der Waals surface area contributed by atoms with Crippen LogP contribution in [-0.2, 0) is 0 Å². The van der Waals surface area contributed by atoms with Crippen molar-refractivity contribution in [2.24, 2.45) is 0 Å². The maximum absolute atomic E-state index is 5.84. The molecule has 1 atom stereocenters. The molecule has 0 radical (unpaired) electrons. The molecule has 1 rings (SSSR count). The predicted octanol–water partition coefficient (Wildman–Crippen LogP) is 3.28. The molecular weight excluding hydrogens is 222 g/mol. The van der Waals surface area contributed by atoms with Crippen molar-refractivity contribution in [1.82, 2.24) is 4.90 Å². The van der Waals surface area contributed by atoms with Gasteiger partial charge in [0.1, 0.15) is 12.0 Å². The van der Waals surface area contributed by atoms with Gasteiger partial charge in [-0.1, -0.05) is 24.6 Å². The maximum atomic E-state index is 5.84. The molecule has 0 aliphatic rings. The van der Waals surface area contributed by atoms with E-state index in [1.54, 1.807) is 0 Å². The van der Waals surface area contributed by atoms with Gasteiger partial charge in [-0.3, -0.25) is 4.90 Å². The highest BCUT2D eigenvalue weighted by molar-refractivity contribution is 6.18. The largest absolute Gasteiger partial charge is 0.475 e. The Kier molecular flexibility index (Phi) is 5.64. The van der Waals surface area contributed by atoms with Crippen LogP contribution < -0.4 is 4.74 Å². The summed E-state index contributed by atoms with van der Waals surface area (Å²) in [5.41, 5.74) is 1.24. The molecule has 2 nitrogen and oxygen atoms in total. The van der Waals surface area contributed by atoms with Crippen molar-refractivity contribution in [3.63, 3.8) is 0 Å². The van der Waals surface area contributed by atoms with Gasteiger partial charge in [0.2, 0.25) is 0 Å². The van der Waals surface area contributed by atoms with E-state index in [-0.39, 0.29) is 6.23 Å². The Hall–Kier alpha value is -0.730. The molecule has 0 spiro atoms. The number of ether oxygens (including phenoxy) is 1. The minimum absolute atomic E-state index is 0.0615. The second-order valence-electron chi connectivity index (χ2n) is 3.85. The molecule has 1 aromatic rings. The van der Waals surface area contributed by atoms with Crippen LogP contribution in [0.4, 0.5) is 0 Å². The molecule has 90 valence electrons. The minimum atomic E-state index is 0.0615. The normalized spacial score (nSPS) is 12.8. The Balaban J connectivity index is 2.55. The van der Waals surface area contributed by atoms with E-state index in [9.17, 15) is 0 Å². The van der Waals surface area contributed by atoms with Crippen molar-refractivity contribution in [3.8, 4) is 5.75 Å². The summed E-state index contributed by atoms with van der Waals surface area (Å²) in [6.45, 7) is 8.03. The van der Waals surface area contributed by atoms with Crippen molar-refractivity contribution < 1.29 is 4.74 Å². The van der Waals surface area contributed by atoms with E-state index >= 15 is 0 Å². The summed E-state index contributed by atoms with van der Waals surface area (Å²) in [6.07, 6.45) is 0.0615. The van der Waals surface area contributed by atoms with Gasteiger partial charge >= 0.3 is 0 Å². The van der Waals surface area contributed by atoms with Crippen LogP contribution in [0, 0.1) is 6.92 Å². The average molecular weight is 242 g/mol. The molecule has 16 heavy (non-hydrogen) atoms. The van der Waals surface area contributed by atoms with E-state index in [1.807, 2.05) is 12.1 Å². The molecule has 0 saturated heterocycles. The average Bonchev–Trinajstić information content (AvgIpc) is 2.29. The molecule has 0 amide bonds. The lowest BCUT2D eigenvalue weighted by molar-refractivity contribution is 0.0487. The van der Waals surface area contributed by atoms with Gasteiger partial charge in [-0.05, 0) is 32.5 Å². The first-order chi connectivity index (χ1) is 7.67. The minimum Gasteiger partial charge on any atom is -0.475 e. The van der Waals surface area contributed by atoms with Crippen molar-refractivity contribution in [3.05, 3.63) is 29.8 Å². The van der Waals surface area contributed by atoms with Crippen LogP contribution in [0.5, 0.6) is 5.75 Å². The second-order valence-corrected chi connectivity index (χ2v) is 4.23. The van der Waals surface area contributed by atoms with Crippen molar-refractivity contribution in [2.75, 3.05) is 19.0 Å². The zero-order chi connectivity index (χ0) is 12.0. The summed E-state index contributed by atoms with van der Waals surface area (Å²) in [5, 5.41) is 0. The van der Waals surface area contributed by atoms with Crippen LogP contribution in [0.2, 0.25) is 0 Å². The Morgan fingerprint density at radius 3 is 2.44 bits per heavy atom. The van der Waals surface area contributed by atoms with Gasteiger partial charge in [-0.15, -0.1) is 11.6 Å². The van der Waals surface area contributed by atoms with E-state index in [0.29, 0.717) is 5.88 Å². The van der Waals surface area contributed by atoms with Gasteiger partial charge in [-0.2, -0.15) is 0 Å². The van der Waals surface area contributed by atoms with E-state index in [0.717, 1.165) is 18.8 Å². The zero-order valence-corrected chi connectivity index (χ0v) is 11.0. The number of benzene rings is 1. The lowest BCUT2D eigenvalue weighted by Gasteiger charge is -2.27. The van der Waals surface area contributed by atoms with Crippen LogP contribution in [0.15, 0.2) is 24.3 Å². The lowest BCUT2D eigenvalue weighted by Crippen LogP contribution is -2.38. The molecule has 3 heteroatoms. The van der Waals surface area contributed by atoms with Crippen LogP contribution in [0.1, 0.15) is 19.4 Å². The first-order valence-electron chi connectivity index (χ1n) is 5.70. The van der Waals surface area contributed by atoms with Gasteiger partial charge in [0, 0.05) is 12.4 Å². The number of aryl methyl sites for hydroxylation is 1. The highest BCUT2D eigenvalue weighted by atomic mass is 35.5. The highest BCUT2D eigenvalue weighted by Gasteiger charge is 2.12. The predicted molar refractivity (Wildman–Crippen MR) is 69.2 cm³/mol. The quantitative estimate of drug-likeness (QED) is 0.560. The number of nitrogens with zero attached hydrogens (tertiary/aromatic N) is 1. The molecule has 1 aromatic carbocycles. The summed E-state index contributed by atoms with van der Waals surface area (Å²) in [4.78, 5) is 2.20. The molecule has 0 heterocycles. The van der Waals surface area contributed by atoms with E-state index in [1.165, 1.54) is 5.56 Å². The topological polar surface area (TPSA) is 12.5 Å². The fraction of sp³-hybridized carbons (Fsp3) is 0.538. The molecule has 0 saturated carbocycles. The van der Waals surface area contributed by atoms with Crippen LogP contribution in [0.3, 0.4) is 0 Å². The third-order valence-corrected chi connectivity index (χ3v) is 2.79. The SMILES string of the molecule is CCN(CCCl)C(C)Oc1ccc(C)cc1. The van der Waals surface area contributed by atoms with Gasteiger partial charge < -0.3 is 4.74 Å². The second kappa shape index (κ2) is 6.77. The first kappa shape index (κ1) is 13.3. The van der Waals surface area contributed by atoms with Gasteiger partial charge in [-0.25, -0.2) is 0 Å². The Morgan fingerprint density at radius 1 is 1.31 bits per heavy atom. The number of alkyl halides is 1. The fourth-order valence-corrected chi connectivity index (χ4v) is 1.81. The van der Waals surface area contributed by atoms with E-state index in [4.69, 9.17) is 16.3 Å². The summed E-state index contributed by atoms with van der Waals surface area (Å²) < 4.78 is 5.84. The first-order valence-corrected chi connectivity index (χ1v) is 6.24. The number of hydrogen-bond donors (Lipinski definition) is 0. The Bertz CT molecular complexity index is 299. The molecule has 0 aliphatic carbocycles. The van der Waals surface area contributed by atoms with Gasteiger partial charge in [0.15, 0.2) is 0 Å². The summed E-state index contributed by atoms with van der Waals surface area (Å²) in [5.74, 6) is 1.54. The Labute approximate surface area is 103 Å². The number of halogens is 1. The summed E-state index contributed by atoms with van der Waals surface area (Å²) in [7, 11) is 0. The molecule has 0 N–H and O–H groups in total. The third kappa shape index (κ3) is 4.03. The molecular formula is C13H20ClNO. The van der Waals surface area contributed by atoms with E-state index < -0.39 is 0 Å². The molecule has 0 bridgehead atoms. The standard InChI is InChI=1S/C13H20ClNO/c1-4-15(10-9-14)12(3)16-13-7-5-11(2)6-8-13/h5-8,12H,4,9-10H2,1-3H3. The molecule has 0 aliphatic heterocycles. The van der Waals surface area contributed by atoms with Crippen LogP contribution in [0.25, 0.3) is 0 Å². The number of hydrogen-bond acceptors (Lipinski definition) is 2. The van der Waals surface area contributed by atoms with Crippen LogP contribution in [-0.4, -0.2) is 30.1 Å². The van der Waals surface area contributed by atoms with Crippen molar-refractivity contribution in [2.45, 2.75) is 27.0 Å². The molecule has 0 aromatic heterocycles. The Morgan fingerprint density at radius 2 is 1.94 bits per heavy atom. The van der Waals surface area contributed by atoms with Gasteiger partial charge in [0.25, 0.3) is 0 Å². The highest BCUT2D eigenvalue weighted by Crippen LogP contribution is 2.14. The smallest absolute Gasteiger partial charge is 0.149 e. The lowest BCUT2D eigenvalue weighted by atomic mass is 10.2. The van der Waals surface area contributed by atoms with E-state index in [2.05, 4.69) is 37.8 Å². The van der Waals surface area contributed by atoms with Gasteiger partial charge in [0.05, 0.1) is 0 Å². The van der Waals surface area contributed by atoms with Crippen LogP contribution >= 0.6 is 11.6 Å². The third-order valence-electron chi connectivity index (χ3n) is 2.62. The van der Waals surface area contributed by atoms with Crippen molar-refractivity contribution in [1.29, 1.82) is 0 Å². The number of rotatable bonds is 6. The van der Waals surface area contributed by atoms with Crippen molar-refractivity contribution >= 4 is 11.6 Å².